The van der Waals surface area contributed by atoms with Gasteiger partial charge in [-0.1, -0.05) is 12.1 Å². The summed E-state index contributed by atoms with van der Waals surface area (Å²) in [5, 5.41) is 3.27. The smallest absolute Gasteiger partial charge is 0.0367 e. The minimum atomic E-state index is 0. The first-order valence-electron chi connectivity index (χ1n) is 6.78. The maximum atomic E-state index is 3.95. The molecule has 0 saturated carbocycles. The summed E-state index contributed by atoms with van der Waals surface area (Å²) in [6, 6.07) is 9.35. The molecule has 1 fully saturated rings. The van der Waals surface area contributed by atoms with E-state index in [-0.39, 0.29) is 40.1 Å². The van der Waals surface area contributed by atoms with E-state index in [4.69, 9.17) is 0 Å². The summed E-state index contributed by atoms with van der Waals surface area (Å²) in [6.45, 7) is 11.5. The van der Waals surface area contributed by atoms with E-state index < -0.39 is 0 Å². The normalized spacial score (nSPS) is 17.1. The van der Waals surface area contributed by atoms with Gasteiger partial charge in [0.1, 0.15) is 0 Å². The van der Waals surface area contributed by atoms with Crippen LogP contribution < -0.4 is 10.2 Å². The minimum Gasteiger partial charge on any atom is -0.369 e. The maximum absolute atomic E-state index is 3.95. The maximum Gasteiger partial charge on any atom is 0.0367 e. The van der Waals surface area contributed by atoms with Gasteiger partial charge in [-0.15, -0.1) is 6.54 Å². The third-order valence-electron chi connectivity index (χ3n) is 3.88. The Labute approximate surface area is 150 Å². The second kappa shape index (κ2) is 9.89. The van der Waals surface area contributed by atoms with E-state index in [1.54, 1.807) is 0 Å². The summed E-state index contributed by atoms with van der Waals surface area (Å²) < 4.78 is 0. The number of benzene rings is 1. The molecule has 0 spiro atoms. The van der Waals surface area contributed by atoms with Crippen LogP contribution in [0.25, 0.3) is 0 Å². The van der Waals surface area contributed by atoms with Gasteiger partial charge in [0.2, 0.25) is 0 Å². The molecule has 0 aromatic heterocycles. The first-order chi connectivity index (χ1) is 8.74. The molecule has 111 valence electrons. The number of nitrogens with one attached hydrogen (secondary N) is 1. The Morgan fingerprint density at radius 3 is 2.15 bits per heavy atom. The van der Waals surface area contributed by atoms with Gasteiger partial charge in [-0.2, -0.15) is 0 Å². The Hall–Kier alpha value is 0.0439. The van der Waals surface area contributed by atoms with E-state index in [1.165, 1.54) is 11.3 Å². The van der Waals surface area contributed by atoms with Crippen molar-refractivity contribution in [2.75, 3.05) is 44.7 Å². The van der Waals surface area contributed by atoms with Gasteiger partial charge < -0.3 is 29.5 Å². The van der Waals surface area contributed by atoms with Crippen LogP contribution in [-0.2, 0) is 32.7 Å². The predicted molar refractivity (Wildman–Crippen MR) is 84.3 cm³/mol. The predicted octanol–water partition coefficient (Wildman–Crippen LogP) is 2.37. The van der Waals surface area contributed by atoms with Gasteiger partial charge in [-0.25, -0.2) is 0 Å². The third kappa shape index (κ3) is 5.10. The van der Waals surface area contributed by atoms with Crippen LogP contribution >= 0.6 is 0 Å². The van der Waals surface area contributed by atoms with Crippen LogP contribution in [0.3, 0.4) is 0 Å². The van der Waals surface area contributed by atoms with E-state index in [9.17, 15) is 0 Å². The average Bonchev–Trinajstić information content (AvgIpc) is 2.47. The Morgan fingerprint density at radius 1 is 1.15 bits per heavy atom. The molecule has 4 heteroatoms. The second-order valence-corrected chi connectivity index (χ2v) is 4.93. The molecule has 1 radical (unpaired) electrons. The summed E-state index contributed by atoms with van der Waals surface area (Å²) in [4.78, 5) is 4.86. The van der Waals surface area contributed by atoms with Crippen molar-refractivity contribution < 1.29 is 32.7 Å². The zero-order valence-corrected chi connectivity index (χ0v) is 15.9. The number of hydrogen-bond donors (Lipinski definition) is 1. The summed E-state index contributed by atoms with van der Waals surface area (Å²) in [7, 11) is 2.00. The van der Waals surface area contributed by atoms with Gasteiger partial charge in [0.05, 0.1) is 0 Å². The number of nitrogens with zero attached hydrogens (tertiary/aromatic N) is 2. The van der Waals surface area contributed by atoms with E-state index in [0.717, 1.165) is 32.7 Å². The minimum absolute atomic E-state index is 0. The van der Waals surface area contributed by atoms with Crippen LogP contribution in [0.5, 0.6) is 0 Å². The molecule has 1 aliphatic heterocycles. The molecule has 0 aliphatic carbocycles. The second-order valence-electron chi connectivity index (χ2n) is 4.93. The number of rotatable bonds is 4. The third-order valence-corrected chi connectivity index (χ3v) is 3.88. The van der Waals surface area contributed by atoms with E-state index in [1.807, 2.05) is 7.05 Å². The van der Waals surface area contributed by atoms with Crippen molar-refractivity contribution in [2.24, 2.45) is 0 Å². The summed E-state index contributed by atoms with van der Waals surface area (Å²) in [6.07, 6.45) is 0. The van der Waals surface area contributed by atoms with Crippen molar-refractivity contribution in [3.05, 3.63) is 44.2 Å². The molecule has 20 heavy (non-hydrogen) atoms. The Morgan fingerprint density at radius 2 is 1.70 bits per heavy atom. The fourth-order valence-corrected chi connectivity index (χ4v) is 2.37. The fourth-order valence-electron chi connectivity index (χ4n) is 2.37. The van der Waals surface area contributed by atoms with Crippen LogP contribution in [0.2, 0.25) is 0 Å². The van der Waals surface area contributed by atoms with Crippen LogP contribution in [0.15, 0.2) is 24.3 Å². The molecule has 0 amide bonds. The van der Waals surface area contributed by atoms with Crippen molar-refractivity contribution in [2.45, 2.75) is 13.0 Å². The molecule has 3 nitrogen and oxygen atoms in total. The molecule has 1 aromatic rings. The van der Waals surface area contributed by atoms with Crippen molar-refractivity contribution in [1.29, 1.82) is 0 Å². The van der Waals surface area contributed by atoms with Gasteiger partial charge in [-0.3, -0.25) is 0 Å². The van der Waals surface area contributed by atoms with Crippen LogP contribution in [0, 0.1) is 14.4 Å². The SMILES string of the molecule is [CH2-]CN1CCN(c2ccc([C@@H](C)NC)cc2)CC1.[CH3-].[Y]. The summed E-state index contributed by atoms with van der Waals surface area (Å²) >= 11 is 0. The molecule has 1 heterocycles. The topological polar surface area (TPSA) is 18.5 Å². The standard InChI is InChI=1S/C15H24N3.CH3.Y/c1-4-17-9-11-18(12-10-17)15-7-5-14(6-8-15)13(2)16-3;;/h5-8,13,16H,1,4,9-12H2,2-3H3;1H3;/q2*-1;/t13-;;/m1../s1. The number of hydrogen-bond acceptors (Lipinski definition) is 3. The molecule has 1 aliphatic rings. The zero-order valence-electron chi connectivity index (χ0n) is 13.1. The largest absolute Gasteiger partial charge is 0.369 e. The molecule has 1 N–H and O–H groups in total. The van der Waals surface area contributed by atoms with Gasteiger partial charge in [-0.05, 0) is 31.7 Å². The molecular weight excluding hydrogens is 323 g/mol. The van der Waals surface area contributed by atoms with Gasteiger partial charge >= 0.3 is 0 Å². The van der Waals surface area contributed by atoms with Gasteiger partial charge in [0, 0.05) is 70.6 Å². The molecule has 0 bridgehead atoms. The number of piperazine rings is 1. The molecule has 2 rings (SSSR count). The number of anilines is 1. The van der Waals surface area contributed by atoms with Crippen LogP contribution in [0.1, 0.15) is 18.5 Å². The Kier molecular flexibility index (Phi) is 9.91. The van der Waals surface area contributed by atoms with Crippen molar-refractivity contribution in [1.82, 2.24) is 10.2 Å². The molecular formula is C16H27N3Y-2. The van der Waals surface area contributed by atoms with E-state index in [0.29, 0.717) is 6.04 Å². The zero-order chi connectivity index (χ0) is 13.0. The average molecular weight is 350 g/mol. The monoisotopic (exact) mass is 350 g/mol. The van der Waals surface area contributed by atoms with Gasteiger partial charge in [0.25, 0.3) is 0 Å². The Bertz CT molecular complexity index is 358. The molecule has 1 atom stereocenters. The summed E-state index contributed by atoms with van der Waals surface area (Å²) in [5.41, 5.74) is 2.68. The summed E-state index contributed by atoms with van der Waals surface area (Å²) in [5.74, 6) is 0. The van der Waals surface area contributed by atoms with Crippen LogP contribution in [-0.4, -0.2) is 44.7 Å². The van der Waals surface area contributed by atoms with Gasteiger partial charge in [0.15, 0.2) is 0 Å². The van der Waals surface area contributed by atoms with Crippen molar-refractivity contribution >= 4 is 5.69 Å². The van der Waals surface area contributed by atoms with E-state index in [2.05, 4.69) is 53.2 Å². The first kappa shape index (κ1) is 20.0. The fraction of sp³-hybridized carbons (Fsp3) is 0.500. The van der Waals surface area contributed by atoms with Crippen molar-refractivity contribution in [3.63, 3.8) is 0 Å². The molecule has 1 saturated heterocycles. The van der Waals surface area contributed by atoms with Crippen LogP contribution in [0.4, 0.5) is 5.69 Å². The quantitative estimate of drug-likeness (QED) is 0.842. The Balaban J connectivity index is 0.00000180. The first-order valence-corrected chi connectivity index (χ1v) is 6.78. The molecule has 0 unspecified atom stereocenters. The molecule has 1 aromatic carbocycles. The van der Waals surface area contributed by atoms with Crippen molar-refractivity contribution in [3.8, 4) is 0 Å². The van der Waals surface area contributed by atoms with E-state index >= 15 is 0 Å².